The summed E-state index contributed by atoms with van der Waals surface area (Å²) in [6.45, 7) is 1.24. The summed E-state index contributed by atoms with van der Waals surface area (Å²) in [5.41, 5.74) is 3.36. The molecule has 0 saturated carbocycles. The highest BCUT2D eigenvalue weighted by atomic mass is 16.5. The third-order valence-electron chi connectivity index (χ3n) is 5.16. The maximum atomic E-state index is 12.8. The van der Waals surface area contributed by atoms with Gasteiger partial charge in [-0.15, -0.1) is 5.10 Å². The van der Waals surface area contributed by atoms with Gasteiger partial charge in [0.2, 0.25) is 0 Å². The topological polar surface area (TPSA) is 76.0 Å². The van der Waals surface area contributed by atoms with Crippen molar-refractivity contribution in [2.75, 3.05) is 20.2 Å². The molecule has 1 saturated heterocycles. The summed E-state index contributed by atoms with van der Waals surface area (Å²) in [5, 5.41) is 9.49. The van der Waals surface area contributed by atoms with E-state index in [-0.39, 0.29) is 11.9 Å². The lowest BCUT2D eigenvalue weighted by atomic mass is 10.1. The molecule has 2 aromatic heterocycles. The number of fused-ring (bicyclic) bond motifs is 1. The minimum absolute atomic E-state index is 0.00480. The molecular weight excluding hydrogens is 354 g/mol. The summed E-state index contributed by atoms with van der Waals surface area (Å²) in [7, 11) is 1.63. The van der Waals surface area contributed by atoms with Crippen molar-refractivity contribution in [2.45, 2.75) is 6.04 Å². The van der Waals surface area contributed by atoms with E-state index in [1.807, 2.05) is 70.4 Å². The van der Waals surface area contributed by atoms with Crippen LogP contribution in [0.15, 0.2) is 60.8 Å². The number of benzene rings is 2. The second kappa shape index (κ2) is 6.53. The Morgan fingerprint density at radius 2 is 1.96 bits per heavy atom. The first-order valence-electron chi connectivity index (χ1n) is 9.14. The Balaban J connectivity index is 1.28. The van der Waals surface area contributed by atoms with Crippen molar-refractivity contribution in [3.63, 3.8) is 0 Å². The number of amides is 1. The number of nitrogens with zero attached hydrogens (tertiary/aromatic N) is 4. The second-order valence-corrected chi connectivity index (χ2v) is 6.95. The van der Waals surface area contributed by atoms with Crippen LogP contribution >= 0.6 is 0 Å². The Hall–Kier alpha value is -3.61. The first-order valence-corrected chi connectivity index (χ1v) is 9.14. The summed E-state index contributed by atoms with van der Waals surface area (Å²) in [4.78, 5) is 17.8. The third kappa shape index (κ3) is 2.81. The van der Waals surface area contributed by atoms with E-state index in [9.17, 15) is 4.79 Å². The van der Waals surface area contributed by atoms with Crippen molar-refractivity contribution in [3.8, 4) is 17.0 Å². The van der Waals surface area contributed by atoms with Crippen LogP contribution in [0, 0.1) is 0 Å². The van der Waals surface area contributed by atoms with E-state index < -0.39 is 0 Å². The van der Waals surface area contributed by atoms with Crippen molar-refractivity contribution in [2.24, 2.45) is 0 Å². The summed E-state index contributed by atoms with van der Waals surface area (Å²) in [6, 6.07) is 17.7. The quantitative estimate of drug-likeness (QED) is 0.596. The number of rotatable bonds is 4. The molecule has 140 valence electrons. The molecule has 0 spiro atoms. The molecule has 0 aliphatic carbocycles. The Kier molecular flexibility index (Phi) is 3.86. The molecule has 3 heterocycles. The molecule has 1 amide bonds. The minimum atomic E-state index is -0.00480. The molecule has 7 heteroatoms. The van der Waals surface area contributed by atoms with Crippen LogP contribution in [0.3, 0.4) is 0 Å². The average Bonchev–Trinajstić information content (AvgIpc) is 3.34. The molecular formula is C21H19N5O2. The number of methoxy groups -OCH3 is 1. The molecule has 0 unspecified atom stereocenters. The lowest BCUT2D eigenvalue weighted by molar-refractivity contribution is 0.0493. The van der Waals surface area contributed by atoms with Gasteiger partial charge in [-0.2, -0.15) is 0 Å². The lowest BCUT2D eigenvalue weighted by Gasteiger charge is -2.38. The van der Waals surface area contributed by atoms with E-state index in [4.69, 9.17) is 4.74 Å². The summed E-state index contributed by atoms with van der Waals surface area (Å²) >= 11 is 0. The van der Waals surface area contributed by atoms with Gasteiger partial charge in [-0.3, -0.25) is 4.79 Å². The number of likely N-dealkylation sites (tertiary alicyclic amines) is 1. The van der Waals surface area contributed by atoms with E-state index in [0.717, 1.165) is 27.9 Å². The van der Waals surface area contributed by atoms with Gasteiger partial charge in [-0.05, 0) is 18.2 Å². The number of aromatic amines is 1. The number of nitrogens with one attached hydrogen (secondary N) is 1. The van der Waals surface area contributed by atoms with Gasteiger partial charge in [-0.25, -0.2) is 4.68 Å². The average molecular weight is 373 g/mol. The monoisotopic (exact) mass is 373 g/mol. The SMILES string of the molecule is COc1ccc2cc(C(=O)N3CC(n4cc(-c5ccccc5)nn4)C3)[nH]c2c1. The molecule has 0 radical (unpaired) electrons. The predicted octanol–water partition coefficient (Wildman–Crippen LogP) is 3.13. The standard InChI is InChI=1S/C21H19N5O2/c1-28-17-8-7-15-9-19(22-18(15)10-17)21(27)25-11-16(12-25)26-13-20(23-24-26)14-5-3-2-4-6-14/h2-10,13,16,22H,11-12H2,1H3. The van der Waals surface area contributed by atoms with Crippen molar-refractivity contribution in [1.29, 1.82) is 0 Å². The van der Waals surface area contributed by atoms with Crippen molar-refractivity contribution in [3.05, 3.63) is 66.5 Å². The van der Waals surface area contributed by atoms with Crippen LogP contribution < -0.4 is 4.74 Å². The minimum Gasteiger partial charge on any atom is -0.497 e. The lowest BCUT2D eigenvalue weighted by Crippen LogP contribution is -2.51. The van der Waals surface area contributed by atoms with Gasteiger partial charge < -0.3 is 14.6 Å². The fraction of sp³-hybridized carbons (Fsp3) is 0.190. The zero-order valence-electron chi connectivity index (χ0n) is 15.4. The number of ether oxygens (including phenoxy) is 1. The number of H-pyrrole nitrogens is 1. The van der Waals surface area contributed by atoms with Crippen LogP contribution in [0.25, 0.3) is 22.2 Å². The maximum absolute atomic E-state index is 12.8. The van der Waals surface area contributed by atoms with E-state index in [1.165, 1.54) is 0 Å². The van der Waals surface area contributed by atoms with Crippen LogP contribution in [0.1, 0.15) is 16.5 Å². The van der Waals surface area contributed by atoms with Crippen LogP contribution in [-0.2, 0) is 0 Å². The first-order chi connectivity index (χ1) is 13.7. The van der Waals surface area contributed by atoms with Crippen LogP contribution in [0.5, 0.6) is 5.75 Å². The van der Waals surface area contributed by atoms with Crippen LogP contribution in [0.4, 0.5) is 0 Å². The number of aromatic nitrogens is 4. The fourth-order valence-electron chi connectivity index (χ4n) is 3.50. The molecule has 0 bridgehead atoms. The Labute approximate surface area is 161 Å². The van der Waals surface area contributed by atoms with Crippen LogP contribution in [0.2, 0.25) is 0 Å². The zero-order valence-corrected chi connectivity index (χ0v) is 15.4. The van der Waals surface area contributed by atoms with E-state index >= 15 is 0 Å². The number of hydrogen-bond acceptors (Lipinski definition) is 4. The first kappa shape index (κ1) is 16.6. The molecule has 5 rings (SSSR count). The van der Waals surface area contributed by atoms with Gasteiger partial charge in [0.25, 0.3) is 5.91 Å². The van der Waals surface area contributed by atoms with Gasteiger partial charge in [0.15, 0.2) is 0 Å². The molecule has 1 fully saturated rings. The van der Waals surface area contributed by atoms with Gasteiger partial charge >= 0.3 is 0 Å². The van der Waals surface area contributed by atoms with Crippen LogP contribution in [-0.4, -0.2) is 51.0 Å². The highest BCUT2D eigenvalue weighted by Gasteiger charge is 2.34. The molecule has 7 nitrogen and oxygen atoms in total. The summed E-state index contributed by atoms with van der Waals surface area (Å²) in [6.07, 6.45) is 1.94. The Bertz CT molecular complexity index is 1140. The highest BCUT2D eigenvalue weighted by molar-refractivity contribution is 5.98. The number of carbonyl (C=O) groups excluding carboxylic acids is 1. The fourth-order valence-corrected chi connectivity index (χ4v) is 3.50. The maximum Gasteiger partial charge on any atom is 0.270 e. The van der Waals surface area contributed by atoms with Gasteiger partial charge in [0.1, 0.15) is 17.1 Å². The number of hydrogen-bond donors (Lipinski definition) is 1. The van der Waals surface area contributed by atoms with Crippen molar-refractivity contribution >= 4 is 16.8 Å². The van der Waals surface area contributed by atoms with Gasteiger partial charge in [0.05, 0.1) is 19.3 Å². The van der Waals surface area contributed by atoms with Gasteiger partial charge in [0, 0.05) is 35.6 Å². The van der Waals surface area contributed by atoms with Gasteiger partial charge in [-0.1, -0.05) is 35.5 Å². The molecule has 4 aromatic rings. The normalized spacial score (nSPS) is 14.2. The largest absolute Gasteiger partial charge is 0.497 e. The molecule has 1 aliphatic heterocycles. The van der Waals surface area contributed by atoms with Crippen molar-refractivity contribution in [1.82, 2.24) is 24.9 Å². The Morgan fingerprint density at radius 1 is 1.14 bits per heavy atom. The van der Waals surface area contributed by atoms with Crippen molar-refractivity contribution < 1.29 is 9.53 Å². The number of carbonyl (C=O) groups is 1. The molecule has 1 aliphatic rings. The second-order valence-electron chi connectivity index (χ2n) is 6.95. The molecule has 0 atom stereocenters. The smallest absolute Gasteiger partial charge is 0.270 e. The third-order valence-corrected chi connectivity index (χ3v) is 5.16. The van der Waals surface area contributed by atoms with E-state index in [1.54, 1.807) is 7.11 Å². The summed E-state index contributed by atoms with van der Waals surface area (Å²) < 4.78 is 7.09. The molecule has 2 aromatic carbocycles. The molecule has 1 N–H and O–H groups in total. The van der Waals surface area contributed by atoms with E-state index in [2.05, 4.69) is 15.3 Å². The molecule has 28 heavy (non-hydrogen) atoms. The van der Waals surface area contributed by atoms with E-state index in [0.29, 0.717) is 18.8 Å². The zero-order chi connectivity index (χ0) is 19.1. The predicted molar refractivity (Wildman–Crippen MR) is 105 cm³/mol. The summed E-state index contributed by atoms with van der Waals surface area (Å²) in [5.74, 6) is 0.757. The Morgan fingerprint density at radius 3 is 2.75 bits per heavy atom. The highest BCUT2D eigenvalue weighted by Crippen LogP contribution is 2.26.